The first kappa shape index (κ1) is 11.8. The van der Waals surface area contributed by atoms with Gasteiger partial charge >= 0.3 is 0 Å². The van der Waals surface area contributed by atoms with Crippen LogP contribution in [0.5, 0.6) is 5.75 Å². The van der Waals surface area contributed by atoms with Gasteiger partial charge in [0.15, 0.2) is 0 Å². The lowest BCUT2D eigenvalue weighted by molar-refractivity contribution is 0.156. The molecule has 18 heavy (non-hydrogen) atoms. The predicted molar refractivity (Wildman–Crippen MR) is 73.8 cm³/mol. The first-order valence-corrected chi connectivity index (χ1v) is 6.92. The van der Waals surface area contributed by atoms with Crippen molar-refractivity contribution in [2.45, 2.75) is 25.8 Å². The second kappa shape index (κ2) is 5.15. The molecule has 1 N–H and O–H groups in total. The van der Waals surface area contributed by atoms with E-state index in [1.165, 1.54) is 18.4 Å². The van der Waals surface area contributed by atoms with E-state index >= 15 is 0 Å². The molecule has 0 bridgehead atoms. The second-order valence-corrected chi connectivity index (χ2v) is 5.46. The van der Waals surface area contributed by atoms with E-state index in [1.807, 2.05) is 12.1 Å². The van der Waals surface area contributed by atoms with Crippen LogP contribution >= 0.6 is 0 Å². The van der Waals surface area contributed by atoms with Crippen molar-refractivity contribution in [1.29, 1.82) is 0 Å². The predicted octanol–water partition coefficient (Wildman–Crippen LogP) is 2.93. The Kier molecular flexibility index (Phi) is 3.37. The minimum Gasteiger partial charge on any atom is -0.492 e. The first-order chi connectivity index (χ1) is 8.83. The highest BCUT2D eigenvalue weighted by Crippen LogP contribution is 2.42. The Balaban J connectivity index is 1.37. The molecule has 1 aromatic rings. The van der Waals surface area contributed by atoms with Gasteiger partial charge in [0.2, 0.25) is 0 Å². The summed E-state index contributed by atoms with van der Waals surface area (Å²) in [5.41, 5.74) is 1.25. The molecular formula is C16H21NO. The third-order valence-electron chi connectivity index (χ3n) is 4.13. The Labute approximate surface area is 109 Å². The summed E-state index contributed by atoms with van der Waals surface area (Å²) in [6, 6.07) is 8.92. The van der Waals surface area contributed by atoms with Crippen molar-refractivity contribution in [2.24, 2.45) is 11.8 Å². The van der Waals surface area contributed by atoms with Gasteiger partial charge in [0.1, 0.15) is 12.4 Å². The van der Waals surface area contributed by atoms with Crippen LogP contribution in [0, 0.1) is 18.8 Å². The average molecular weight is 243 g/mol. The Morgan fingerprint density at radius 1 is 1.39 bits per heavy atom. The second-order valence-electron chi connectivity index (χ2n) is 5.46. The minimum atomic E-state index is 0.690. The highest BCUT2D eigenvalue weighted by Gasteiger charge is 2.40. The molecule has 0 radical (unpaired) electrons. The maximum atomic E-state index is 5.74. The third kappa shape index (κ3) is 2.44. The van der Waals surface area contributed by atoms with E-state index in [9.17, 15) is 0 Å². The molecule has 0 saturated heterocycles. The summed E-state index contributed by atoms with van der Waals surface area (Å²) in [5.74, 6) is 2.70. The smallest absolute Gasteiger partial charge is 0.119 e. The van der Waals surface area contributed by atoms with E-state index < -0.39 is 0 Å². The third-order valence-corrected chi connectivity index (χ3v) is 4.13. The summed E-state index contributed by atoms with van der Waals surface area (Å²) in [5, 5.41) is 3.60. The summed E-state index contributed by atoms with van der Waals surface area (Å²) in [6.07, 6.45) is 7.35. The molecule has 0 aliphatic heterocycles. The highest BCUT2D eigenvalue weighted by molar-refractivity contribution is 5.27. The van der Waals surface area contributed by atoms with Crippen LogP contribution in [-0.2, 0) is 0 Å². The molecule has 0 amide bonds. The summed E-state index contributed by atoms with van der Waals surface area (Å²) in [4.78, 5) is 0. The number of fused-ring (bicyclic) bond motifs is 1. The molecule has 0 heterocycles. The van der Waals surface area contributed by atoms with Crippen LogP contribution in [-0.4, -0.2) is 19.2 Å². The van der Waals surface area contributed by atoms with Crippen LogP contribution in [0.4, 0.5) is 0 Å². The van der Waals surface area contributed by atoms with Crippen molar-refractivity contribution in [1.82, 2.24) is 5.32 Å². The van der Waals surface area contributed by atoms with Gasteiger partial charge in [0.05, 0.1) is 0 Å². The lowest BCUT2D eigenvalue weighted by Gasteiger charge is -2.40. The fourth-order valence-electron chi connectivity index (χ4n) is 3.07. The van der Waals surface area contributed by atoms with E-state index in [0.717, 1.165) is 30.7 Å². The van der Waals surface area contributed by atoms with Crippen LogP contribution in [0.1, 0.15) is 18.4 Å². The molecule has 2 aliphatic carbocycles. The van der Waals surface area contributed by atoms with Crippen molar-refractivity contribution in [3.63, 3.8) is 0 Å². The van der Waals surface area contributed by atoms with E-state index in [0.29, 0.717) is 6.04 Å². The van der Waals surface area contributed by atoms with Crippen LogP contribution in [0.15, 0.2) is 36.4 Å². The van der Waals surface area contributed by atoms with Crippen molar-refractivity contribution < 1.29 is 4.74 Å². The van der Waals surface area contributed by atoms with Gasteiger partial charge in [-0.2, -0.15) is 0 Å². The van der Waals surface area contributed by atoms with Crippen molar-refractivity contribution in [2.75, 3.05) is 13.2 Å². The average Bonchev–Trinajstić information content (AvgIpc) is 2.71. The quantitative estimate of drug-likeness (QED) is 0.634. The van der Waals surface area contributed by atoms with E-state index in [1.54, 1.807) is 0 Å². The van der Waals surface area contributed by atoms with Crippen LogP contribution in [0.2, 0.25) is 0 Å². The zero-order valence-electron chi connectivity index (χ0n) is 10.9. The highest BCUT2D eigenvalue weighted by atomic mass is 16.5. The number of hydrogen-bond donors (Lipinski definition) is 1. The molecule has 3 rings (SSSR count). The topological polar surface area (TPSA) is 21.3 Å². The molecule has 1 saturated carbocycles. The minimum absolute atomic E-state index is 0.690. The van der Waals surface area contributed by atoms with Gasteiger partial charge in [-0.15, -0.1) is 0 Å². The molecule has 1 fully saturated rings. The van der Waals surface area contributed by atoms with Gasteiger partial charge in [-0.25, -0.2) is 0 Å². The molecule has 3 atom stereocenters. The lowest BCUT2D eigenvalue weighted by atomic mass is 9.71. The molecule has 3 unspecified atom stereocenters. The molecule has 0 aromatic heterocycles. The van der Waals surface area contributed by atoms with Gasteiger partial charge in [-0.1, -0.05) is 24.3 Å². The van der Waals surface area contributed by atoms with E-state index in [2.05, 4.69) is 36.5 Å². The molecular weight excluding hydrogens is 222 g/mol. The maximum Gasteiger partial charge on any atom is 0.119 e. The molecule has 96 valence electrons. The van der Waals surface area contributed by atoms with Crippen molar-refractivity contribution >= 4 is 0 Å². The first-order valence-electron chi connectivity index (χ1n) is 6.92. The van der Waals surface area contributed by atoms with Crippen LogP contribution in [0.3, 0.4) is 0 Å². The summed E-state index contributed by atoms with van der Waals surface area (Å²) < 4.78 is 5.74. The van der Waals surface area contributed by atoms with Gasteiger partial charge in [-0.3, -0.25) is 0 Å². The van der Waals surface area contributed by atoms with Gasteiger partial charge in [0.25, 0.3) is 0 Å². The number of hydrogen-bond acceptors (Lipinski definition) is 2. The van der Waals surface area contributed by atoms with Gasteiger partial charge in [0, 0.05) is 12.6 Å². The standard InChI is InChI=1S/C16H21NO/c1-12-4-2-6-14(10-12)18-9-8-17-16-11-13-5-3-7-15(13)16/h2-4,6-7,10,13,15-17H,5,8-9,11H2,1H3. The zero-order valence-corrected chi connectivity index (χ0v) is 10.9. The normalized spacial score (nSPS) is 28.8. The van der Waals surface area contributed by atoms with Crippen LogP contribution < -0.4 is 10.1 Å². The number of aryl methyl sites for hydroxylation is 1. The number of allylic oxidation sites excluding steroid dienone is 1. The fourth-order valence-corrected chi connectivity index (χ4v) is 3.07. The molecule has 0 spiro atoms. The SMILES string of the molecule is Cc1cccc(OCCNC2CC3CC=CC32)c1. The van der Waals surface area contributed by atoms with Crippen molar-refractivity contribution in [3.05, 3.63) is 42.0 Å². The van der Waals surface area contributed by atoms with Crippen molar-refractivity contribution in [3.8, 4) is 5.75 Å². The molecule has 2 heteroatoms. The summed E-state index contributed by atoms with van der Waals surface area (Å²) >= 11 is 0. The van der Waals surface area contributed by atoms with E-state index in [4.69, 9.17) is 4.74 Å². The molecule has 2 aliphatic rings. The van der Waals surface area contributed by atoms with E-state index in [-0.39, 0.29) is 0 Å². The zero-order chi connectivity index (χ0) is 12.4. The summed E-state index contributed by atoms with van der Waals surface area (Å²) in [6.45, 7) is 3.78. The Hall–Kier alpha value is -1.28. The van der Waals surface area contributed by atoms with Gasteiger partial charge < -0.3 is 10.1 Å². The monoisotopic (exact) mass is 243 g/mol. The maximum absolute atomic E-state index is 5.74. The largest absolute Gasteiger partial charge is 0.492 e. The molecule has 1 aromatic carbocycles. The number of benzene rings is 1. The lowest BCUT2D eigenvalue weighted by Crippen LogP contribution is -2.49. The Bertz CT molecular complexity index is 440. The summed E-state index contributed by atoms with van der Waals surface area (Å²) in [7, 11) is 0. The number of rotatable bonds is 5. The Morgan fingerprint density at radius 2 is 2.33 bits per heavy atom. The fraction of sp³-hybridized carbons (Fsp3) is 0.500. The number of nitrogens with one attached hydrogen (secondary N) is 1. The van der Waals surface area contributed by atoms with Crippen LogP contribution in [0.25, 0.3) is 0 Å². The Morgan fingerprint density at radius 3 is 3.17 bits per heavy atom. The van der Waals surface area contributed by atoms with Gasteiger partial charge in [-0.05, 0) is 49.3 Å². The molecule has 2 nitrogen and oxygen atoms in total. The number of ether oxygens (including phenoxy) is 1.